The van der Waals surface area contributed by atoms with E-state index in [4.69, 9.17) is 22.0 Å². The van der Waals surface area contributed by atoms with Crippen LogP contribution < -0.4 is 5.84 Å². The van der Waals surface area contributed by atoms with Crippen molar-refractivity contribution in [1.82, 2.24) is 20.0 Å². The van der Waals surface area contributed by atoms with Gasteiger partial charge in [0.1, 0.15) is 5.76 Å². The van der Waals surface area contributed by atoms with Gasteiger partial charge >= 0.3 is 0 Å². The summed E-state index contributed by atoms with van der Waals surface area (Å²) in [4.78, 5) is 0. The molecule has 3 aromatic rings. The fourth-order valence-electron chi connectivity index (χ4n) is 2.02. The third-order valence-electron chi connectivity index (χ3n) is 3.29. The van der Waals surface area contributed by atoms with E-state index in [0.29, 0.717) is 21.8 Å². The van der Waals surface area contributed by atoms with E-state index in [1.165, 1.54) is 16.4 Å². The zero-order valence-electron chi connectivity index (χ0n) is 12.1. The van der Waals surface area contributed by atoms with Crippen molar-refractivity contribution in [2.24, 2.45) is 0 Å². The summed E-state index contributed by atoms with van der Waals surface area (Å²) in [5.41, 5.74) is 2.80. The minimum Gasteiger partial charge on any atom is -0.361 e. The molecule has 0 unspecified atom stereocenters. The summed E-state index contributed by atoms with van der Waals surface area (Å²) in [5, 5.41) is 13.5. The summed E-state index contributed by atoms with van der Waals surface area (Å²) in [7, 11) is 0. The molecule has 0 aliphatic heterocycles. The van der Waals surface area contributed by atoms with Gasteiger partial charge in [-0.2, -0.15) is 0 Å². The van der Waals surface area contributed by atoms with Crippen molar-refractivity contribution >= 4 is 23.4 Å². The molecular weight excluding hydrogens is 322 g/mol. The molecule has 0 saturated carbocycles. The summed E-state index contributed by atoms with van der Waals surface area (Å²) in [6, 6.07) is 7.31. The van der Waals surface area contributed by atoms with E-state index >= 15 is 0 Å². The van der Waals surface area contributed by atoms with Gasteiger partial charge in [-0.05, 0) is 38.1 Å². The van der Waals surface area contributed by atoms with E-state index in [0.717, 1.165) is 22.6 Å². The normalized spacial score (nSPS) is 11.0. The molecule has 0 amide bonds. The lowest BCUT2D eigenvalue weighted by Crippen LogP contribution is -2.11. The number of halogens is 1. The number of nitrogen functional groups attached to an aromatic ring is 1. The summed E-state index contributed by atoms with van der Waals surface area (Å²) >= 11 is 7.38. The van der Waals surface area contributed by atoms with Crippen LogP contribution >= 0.6 is 23.4 Å². The Morgan fingerprint density at radius 1 is 1.23 bits per heavy atom. The summed E-state index contributed by atoms with van der Waals surface area (Å²) < 4.78 is 6.63. The van der Waals surface area contributed by atoms with E-state index < -0.39 is 0 Å². The van der Waals surface area contributed by atoms with E-state index in [-0.39, 0.29) is 0 Å². The van der Waals surface area contributed by atoms with Crippen LogP contribution in [0.25, 0.3) is 11.4 Å². The van der Waals surface area contributed by atoms with Crippen molar-refractivity contribution in [2.45, 2.75) is 24.8 Å². The number of aryl methyl sites for hydroxylation is 2. The first-order chi connectivity index (χ1) is 10.6. The highest BCUT2D eigenvalue weighted by molar-refractivity contribution is 7.98. The lowest BCUT2D eigenvalue weighted by molar-refractivity contribution is 0.392. The Morgan fingerprint density at radius 2 is 1.95 bits per heavy atom. The highest BCUT2D eigenvalue weighted by Gasteiger charge is 2.15. The van der Waals surface area contributed by atoms with Gasteiger partial charge in [0.15, 0.2) is 5.82 Å². The zero-order valence-corrected chi connectivity index (χ0v) is 13.6. The van der Waals surface area contributed by atoms with Crippen LogP contribution in [0, 0.1) is 13.8 Å². The van der Waals surface area contributed by atoms with Gasteiger partial charge < -0.3 is 10.4 Å². The van der Waals surface area contributed by atoms with E-state index in [1.807, 2.05) is 26.0 Å². The molecule has 114 valence electrons. The van der Waals surface area contributed by atoms with Crippen molar-refractivity contribution in [3.05, 3.63) is 46.3 Å². The first-order valence-corrected chi connectivity index (χ1v) is 7.93. The number of thioether (sulfide) groups is 1. The van der Waals surface area contributed by atoms with E-state index in [9.17, 15) is 0 Å². The number of benzene rings is 1. The van der Waals surface area contributed by atoms with Gasteiger partial charge in [-0.1, -0.05) is 28.5 Å². The van der Waals surface area contributed by atoms with Gasteiger partial charge in [0.2, 0.25) is 5.16 Å². The molecule has 0 aliphatic carbocycles. The van der Waals surface area contributed by atoms with Crippen molar-refractivity contribution in [3.8, 4) is 11.4 Å². The summed E-state index contributed by atoms with van der Waals surface area (Å²) in [6.45, 7) is 3.81. The minimum absolute atomic E-state index is 0.595. The van der Waals surface area contributed by atoms with Crippen LogP contribution in [0.3, 0.4) is 0 Å². The second-order valence-electron chi connectivity index (χ2n) is 4.77. The molecule has 3 rings (SSSR count). The maximum Gasteiger partial charge on any atom is 0.210 e. The van der Waals surface area contributed by atoms with Crippen LogP contribution in [-0.2, 0) is 5.75 Å². The minimum atomic E-state index is 0.595. The highest BCUT2D eigenvalue weighted by atomic mass is 35.5. The molecule has 2 N–H and O–H groups in total. The largest absolute Gasteiger partial charge is 0.361 e. The Kier molecular flexibility index (Phi) is 4.08. The lowest BCUT2D eigenvalue weighted by atomic mass is 10.2. The summed E-state index contributed by atoms with van der Waals surface area (Å²) in [5.74, 6) is 8.17. The van der Waals surface area contributed by atoms with Crippen LogP contribution in [0.15, 0.2) is 33.9 Å². The molecule has 0 atom stereocenters. The Bertz CT molecular complexity index is 777. The van der Waals surface area contributed by atoms with E-state index in [2.05, 4.69) is 15.4 Å². The number of nitrogens with two attached hydrogens (primary N) is 1. The first-order valence-electron chi connectivity index (χ1n) is 6.57. The zero-order chi connectivity index (χ0) is 15.7. The third-order valence-corrected chi connectivity index (χ3v) is 4.52. The second kappa shape index (κ2) is 6.02. The van der Waals surface area contributed by atoms with Crippen LogP contribution in [0.5, 0.6) is 0 Å². The number of rotatable bonds is 4. The molecule has 0 spiro atoms. The Balaban J connectivity index is 1.80. The Labute approximate surface area is 136 Å². The molecule has 8 heteroatoms. The molecular formula is C14H14ClN5OS. The molecule has 0 aliphatic rings. The van der Waals surface area contributed by atoms with Crippen molar-refractivity contribution in [3.63, 3.8) is 0 Å². The molecule has 1 aromatic carbocycles. The smallest absolute Gasteiger partial charge is 0.210 e. The first kappa shape index (κ1) is 14.9. The van der Waals surface area contributed by atoms with Crippen LogP contribution in [0.2, 0.25) is 5.02 Å². The molecule has 2 heterocycles. The summed E-state index contributed by atoms with van der Waals surface area (Å²) in [6.07, 6.45) is 0. The fraction of sp³-hybridized carbons (Fsp3) is 0.214. The second-order valence-corrected chi connectivity index (χ2v) is 6.15. The van der Waals surface area contributed by atoms with E-state index in [1.54, 1.807) is 12.1 Å². The van der Waals surface area contributed by atoms with Gasteiger partial charge in [-0.25, -0.2) is 4.68 Å². The average molecular weight is 336 g/mol. The highest BCUT2D eigenvalue weighted by Crippen LogP contribution is 2.27. The maximum absolute atomic E-state index is 6.09. The Morgan fingerprint density at radius 3 is 2.59 bits per heavy atom. The van der Waals surface area contributed by atoms with Crippen LogP contribution in [0.1, 0.15) is 17.0 Å². The molecule has 0 saturated heterocycles. The van der Waals surface area contributed by atoms with Crippen molar-refractivity contribution in [1.29, 1.82) is 0 Å². The van der Waals surface area contributed by atoms with Gasteiger partial charge in [0.05, 0.1) is 5.69 Å². The predicted molar refractivity (Wildman–Crippen MR) is 86.2 cm³/mol. The third kappa shape index (κ3) is 2.82. The molecule has 2 aromatic heterocycles. The monoisotopic (exact) mass is 335 g/mol. The van der Waals surface area contributed by atoms with Crippen LogP contribution in [-0.4, -0.2) is 20.0 Å². The molecule has 0 bridgehead atoms. The number of hydrogen-bond donors (Lipinski definition) is 1. The molecule has 22 heavy (non-hydrogen) atoms. The van der Waals surface area contributed by atoms with Gasteiger partial charge in [-0.15, -0.1) is 10.2 Å². The average Bonchev–Trinajstić information content (AvgIpc) is 3.02. The van der Waals surface area contributed by atoms with Crippen LogP contribution in [0.4, 0.5) is 0 Å². The standard InChI is InChI=1S/C14H14ClN5OS/c1-8-12(9(2)21-19-8)7-22-14-18-17-13(20(14)16)10-3-5-11(15)6-4-10/h3-6H,7,16H2,1-2H3. The van der Waals surface area contributed by atoms with Gasteiger partial charge in [0.25, 0.3) is 0 Å². The number of hydrogen-bond acceptors (Lipinski definition) is 6. The van der Waals surface area contributed by atoms with Gasteiger partial charge in [-0.3, -0.25) is 0 Å². The SMILES string of the molecule is Cc1noc(C)c1CSc1nnc(-c2ccc(Cl)cc2)n1N. The molecule has 0 fully saturated rings. The topological polar surface area (TPSA) is 82.8 Å². The number of nitrogens with zero attached hydrogens (tertiary/aromatic N) is 4. The van der Waals surface area contributed by atoms with Crippen molar-refractivity contribution < 1.29 is 4.52 Å². The maximum atomic E-state index is 6.09. The lowest BCUT2D eigenvalue weighted by Gasteiger charge is -2.04. The quantitative estimate of drug-likeness (QED) is 0.582. The fourth-order valence-corrected chi connectivity index (χ4v) is 3.15. The molecule has 6 nitrogen and oxygen atoms in total. The predicted octanol–water partition coefficient (Wildman–Crippen LogP) is 3.21. The molecule has 0 radical (unpaired) electrons. The van der Waals surface area contributed by atoms with Gasteiger partial charge in [0, 0.05) is 21.9 Å². The van der Waals surface area contributed by atoms with Crippen molar-refractivity contribution in [2.75, 3.05) is 5.84 Å². The Hall–Kier alpha value is -1.99. The number of aromatic nitrogens is 4.